The number of amides is 3. The summed E-state index contributed by atoms with van der Waals surface area (Å²) in [5.74, 6) is -0.796. The number of hydrogen-bond acceptors (Lipinski definition) is 7. The van der Waals surface area contributed by atoms with Crippen LogP contribution in [0.15, 0.2) is 12.1 Å². The fraction of sp³-hybridized carbons (Fsp3) is 0.524. The van der Waals surface area contributed by atoms with E-state index in [1.807, 2.05) is 0 Å². The highest BCUT2D eigenvalue weighted by atomic mass is 32.1. The van der Waals surface area contributed by atoms with Crippen LogP contribution in [0.5, 0.6) is 0 Å². The number of thiazole rings is 1. The molecule has 4 rings (SSSR count). The largest absolute Gasteiger partial charge is 0.353 e. The number of fused-ring (bicyclic) bond motifs is 1. The van der Waals surface area contributed by atoms with Crippen molar-refractivity contribution in [3.63, 3.8) is 0 Å². The molecular weight excluding hydrogens is 402 g/mol. The standard InChI is InChI=1S/C21H27N5O3S/c1-14-11-15(2)20-16(12-14)30-21(23-20)25-9-7-24(8-10-25)6-5-22-17(27)13-26-18(28)3-4-19(26)29/h11-12H,3-10,13H2,1-2H3,(H,22,27). The fourth-order valence-electron chi connectivity index (χ4n) is 4.01. The number of hydrogen-bond donors (Lipinski definition) is 1. The average Bonchev–Trinajstić information content (AvgIpc) is 3.27. The molecule has 0 unspecified atom stereocenters. The van der Waals surface area contributed by atoms with Crippen LogP contribution in [-0.4, -0.2) is 78.3 Å². The van der Waals surface area contributed by atoms with Gasteiger partial charge in [-0.25, -0.2) is 4.98 Å². The van der Waals surface area contributed by atoms with Crippen LogP contribution in [0.25, 0.3) is 10.2 Å². The van der Waals surface area contributed by atoms with Gasteiger partial charge in [0.25, 0.3) is 0 Å². The number of piperazine rings is 1. The summed E-state index contributed by atoms with van der Waals surface area (Å²) in [6, 6.07) is 4.37. The first-order chi connectivity index (χ1) is 14.4. The summed E-state index contributed by atoms with van der Waals surface area (Å²) in [5, 5.41) is 3.90. The first-order valence-corrected chi connectivity index (χ1v) is 11.2. The molecule has 0 radical (unpaired) electrons. The third-order valence-corrected chi connectivity index (χ3v) is 6.73. The number of nitrogens with zero attached hydrogens (tertiary/aromatic N) is 4. The Morgan fingerprint density at radius 1 is 1.10 bits per heavy atom. The van der Waals surface area contributed by atoms with E-state index in [-0.39, 0.29) is 37.1 Å². The van der Waals surface area contributed by atoms with Crippen molar-refractivity contribution in [2.75, 3.05) is 50.7 Å². The molecule has 3 heterocycles. The Kier molecular flexibility index (Phi) is 6.01. The molecule has 1 N–H and O–H groups in total. The number of carbonyl (C=O) groups is 3. The Labute approximate surface area is 179 Å². The summed E-state index contributed by atoms with van der Waals surface area (Å²) < 4.78 is 1.24. The zero-order valence-corrected chi connectivity index (χ0v) is 18.3. The van der Waals surface area contributed by atoms with Gasteiger partial charge >= 0.3 is 0 Å². The number of anilines is 1. The normalized spacial score (nSPS) is 17.9. The maximum Gasteiger partial charge on any atom is 0.240 e. The summed E-state index contributed by atoms with van der Waals surface area (Å²) in [7, 11) is 0. The van der Waals surface area contributed by atoms with Gasteiger partial charge in [-0.2, -0.15) is 0 Å². The molecule has 2 aliphatic heterocycles. The molecule has 0 aliphatic carbocycles. The van der Waals surface area contributed by atoms with E-state index in [1.54, 1.807) is 11.3 Å². The van der Waals surface area contributed by atoms with Crippen LogP contribution in [0, 0.1) is 13.8 Å². The summed E-state index contributed by atoms with van der Waals surface area (Å²) in [5.41, 5.74) is 3.58. The number of carbonyl (C=O) groups excluding carboxylic acids is 3. The van der Waals surface area contributed by atoms with Crippen molar-refractivity contribution >= 4 is 44.4 Å². The molecule has 160 valence electrons. The van der Waals surface area contributed by atoms with Crippen molar-refractivity contribution in [2.45, 2.75) is 26.7 Å². The summed E-state index contributed by atoms with van der Waals surface area (Å²) in [6.07, 6.45) is 0.425. The van der Waals surface area contributed by atoms with Crippen molar-refractivity contribution in [2.24, 2.45) is 0 Å². The van der Waals surface area contributed by atoms with Crippen LogP contribution in [0.4, 0.5) is 5.13 Å². The maximum atomic E-state index is 12.0. The van der Waals surface area contributed by atoms with E-state index >= 15 is 0 Å². The van der Waals surface area contributed by atoms with Crippen LogP contribution >= 0.6 is 11.3 Å². The number of aromatic nitrogens is 1. The Balaban J connectivity index is 1.22. The van der Waals surface area contributed by atoms with Gasteiger partial charge in [-0.1, -0.05) is 17.4 Å². The molecule has 0 saturated carbocycles. The smallest absolute Gasteiger partial charge is 0.240 e. The molecule has 2 aliphatic rings. The maximum absolute atomic E-state index is 12.0. The zero-order chi connectivity index (χ0) is 21.3. The van der Waals surface area contributed by atoms with Gasteiger partial charge in [0.15, 0.2) is 5.13 Å². The molecule has 8 nitrogen and oxygen atoms in total. The van der Waals surface area contributed by atoms with Crippen LogP contribution < -0.4 is 10.2 Å². The molecular formula is C21H27N5O3S. The highest BCUT2D eigenvalue weighted by Gasteiger charge is 2.30. The molecule has 2 aromatic rings. The van der Waals surface area contributed by atoms with Crippen LogP contribution in [0.1, 0.15) is 24.0 Å². The van der Waals surface area contributed by atoms with Gasteiger partial charge in [0.05, 0.1) is 10.2 Å². The number of rotatable bonds is 6. The summed E-state index contributed by atoms with van der Waals surface area (Å²) in [6.45, 7) is 8.95. The predicted molar refractivity (Wildman–Crippen MR) is 117 cm³/mol. The first kappa shape index (κ1) is 20.7. The quantitative estimate of drug-likeness (QED) is 0.697. The first-order valence-electron chi connectivity index (χ1n) is 10.4. The topological polar surface area (TPSA) is 85.8 Å². The van der Waals surface area contributed by atoms with E-state index < -0.39 is 0 Å². The van der Waals surface area contributed by atoms with E-state index in [0.717, 1.165) is 48.3 Å². The van der Waals surface area contributed by atoms with Crippen LogP contribution in [-0.2, 0) is 14.4 Å². The molecule has 0 atom stereocenters. The molecule has 1 aromatic heterocycles. The number of imide groups is 1. The van der Waals surface area contributed by atoms with Gasteiger partial charge in [-0.3, -0.25) is 24.2 Å². The molecule has 2 fully saturated rings. The molecule has 9 heteroatoms. The molecule has 1 aromatic carbocycles. The Bertz CT molecular complexity index is 964. The lowest BCUT2D eigenvalue weighted by molar-refractivity contribution is -0.142. The van der Waals surface area contributed by atoms with E-state index in [1.165, 1.54) is 15.8 Å². The monoisotopic (exact) mass is 429 g/mol. The van der Waals surface area contributed by atoms with Crippen molar-refractivity contribution < 1.29 is 14.4 Å². The molecule has 0 bridgehead atoms. The highest BCUT2D eigenvalue weighted by molar-refractivity contribution is 7.22. The molecule has 3 amide bonds. The Hall–Kier alpha value is -2.52. The second-order valence-corrected chi connectivity index (χ2v) is 8.99. The summed E-state index contributed by atoms with van der Waals surface area (Å²) >= 11 is 1.75. The second kappa shape index (κ2) is 8.69. The third-order valence-electron chi connectivity index (χ3n) is 5.67. The van der Waals surface area contributed by atoms with Gasteiger partial charge in [0.2, 0.25) is 17.7 Å². The Morgan fingerprint density at radius 3 is 2.50 bits per heavy atom. The average molecular weight is 430 g/mol. The van der Waals surface area contributed by atoms with E-state index in [2.05, 4.69) is 41.1 Å². The van der Waals surface area contributed by atoms with Crippen LogP contribution in [0.3, 0.4) is 0 Å². The van der Waals surface area contributed by atoms with Crippen LogP contribution in [0.2, 0.25) is 0 Å². The van der Waals surface area contributed by atoms with E-state index in [4.69, 9.17) is 4.98 Å². The Morgan fingerprint density at radius 2 is 1.80 bits per heavy atom. The lowest BCUT2D eigenvalue weighted by atomic mass is 10.1. The third kappa shape index (κ3) is 4.46. The SMILES string of the molecule is Cc1cc(C)c2nc(N3CCN(CCNC(=O)CN4C(=O)CCC4=O)CC3)sc2c1. The zero-order valence-electron chi connectivity index (χ0n) is 17.4. The van der Waals surface area contributed by atoms with Crippen molar-refractivity contribution in [1.29, 1.82) is 0 Å². The second-order valence-electron chi connectivity index (χ2n) is 7.98. The van der Waals surface area contributed by atoms with Gasteiger partial charge in [-0.05, 0) is 31.0 Å². The predicted octanol–water partition coefficient (Wildman–Crippen LogP) is 1.30. The van der Waals surface area contributed by atoms with Gasteiger partial charge < -0.3 is 10.2 Å². The minimum absolute atomic E-state index is 0.165. The highest BCUT2D eigenvalue weighted by Crippen LogP contribution is 2.32. The number of benzene rings is 1. The van der Waals surface area contributed by atoms with Gasteiger partial charge in [0.1, 0.15) is 6.54 Å². The molecule has 2 saturated heterocycles. The van der Waals surface area contributed by atoms with Crippen molar-refractivity contribution in [1.82, 2.24) is 20.1 Å². The van der Waals surface area contributed by atoms with E-state index in [0.29, 0.717) is 6.54 Å². The van der Waals surface area contributed by atoms with Crippen molar-refractivity contribution in [3.05, 3.63) is 23.3 Å². The number of nitrogens with one attached hydrogen (secondary N) is 1. The molecule has 0 spiro atoms. The number of aryl methyl sites for hydroxylation is 2. The van der Waals surface area contributed by atoms with Gasteiger partial charge in [-0.15, -0.1) is 0 Å². The fourth-order valence-corrected chi connectivity index (χ4v) is 5.20. The van der Waals surface area contributed by atoms with Crippen molar-refractivity contribution in [3.8, 4) is 0 Å². The lowest BCUT2D eigenvalue weighted by Crippen LogP contribution is -2.49. The summed E-state index contributed by atoms with van der Waals surface area (Å²) in [4.78, 5) is 45.7. The minimum atomic E-state index is -0.280. The molecule has 30 heavy (non-hydrogen) atoms. The minimum Gasteiger partial charge on any atom is -0.353 e. The van der Waals surface area contributed by atoms with Gasteiger partial charge in [0, 0.05) is 52.1 Å². The van der Waals surface area contributed by atoms with E-state index in [9.17, 15) is 14.4 Å². The number of likely N-dealkylation sites (tertiary alicyclic amines) is 1. The lowest BCUT2D eigenvalue weighted by Gasteiger charge is -2.34.